The maximum Gasteiger partial charge on any atom is 0.220 e. The van der Waals surface area contributed by atoms with Gasteiger partial charge in [0.25, 0.3) is 0 Å². The highest BCUT2D eigenvalue weighted by Gasteiger charge is 2.11. The molecule has 0 aliphatic rings. The number of nitrogen functional groups attached to an aromatic ring is 2. The van der Waals surface area contributed by atoms with E-state index in [0.29, 0.717) is 22.8 Å². The van der Waals surface area contributed by atoms with E-state index in [-0.39, 0.29) is 36.3 Å². The molecule has 0 fully saturated rings. The quantitative estimate of drug-likeness (QED) is 0.807. The smallest absolute Gasteiger partial charge is 0.220 e. The third-order valence-corrected chi connectivity index (χ3v) is 2.72. The summed E-state index contributed by atoms with van der Waals surface area (Å²) in [7, 11) is 0. The zero-order valence-corrected chi connectivity index (χ0v) is 12.3. The Bertz CT molecular complexity index is 681. The van der Waals surface area contributed by atoms with Crippen molar-refractivity contribution in [3.05, 3.63) is 23.5 Å². The lowest BCUT2D eigenvalue weighted by atomic mass is 10.1. The lowest BCUT2D eigenvalue weighted by molar-refractivity contribution is -0.117. The molecule has 4 N–H and O–H groups in total. The monoisotopic (exact) mass is 300 g/mol. The van der Waals surface area contributed by atoms with E-state index in [4.69, 9.17) is 11.5 Å². The molecule has 0 bridgehead atoms. The SMILES string of the molecule is CC(=O)Cc1cc(-c2cc(CC(C)=O)nc(N)n2)nc(N)n1. The van der Waals surface area contributed by atoms with Gasteiger partial charge in [-0.05, 0) is 26.0 Å². The molecule has 0 aliphatic carbocycles. The van der Waals surface area contributed by atoms with E-state index in [1.54, 1.807) is 12.1 Å². The molecule has 0 saturated heterocycles. The minimum atomic E-state index is -0.0384. The first kappa shape index (κ1) is 15.5. The topological polar surface area (TPSA) is 138 Å². The van der Waals surface area contributed by atoms with Gasteiger partial charge in [0.2, 0.25) is 11.9 Å². The predicted molar refractivity (Wildman–Crippen MR) is 80.7 cm³/mol. The normalized spacial score (nSPS) is 10.5. The van der Waals surface area contributed by atoms with Gasteiger partial charge < -0.3 is 11.5 Å². The lowest BCUT2D eigenvalue weighted by Gasteiger charge is -2.07. The van der Waals surface area contributed by atoms with E-state index in [9.17, 15) is 9.59 Å². The highest BCUT2D eigenvalue weighted by atomic mass is 16.1. The largest absolute Gasteiger partial charge is 0.368 e. The molecule has 0 aliphatic heterocycles. The van der Waals surface area contributed by atoms with Gasteiger partial charge in [-0.25, -0.2) is 19.9 Å². The zero-order chi connectivity index (χ0) is 16.3. The molecule has 2 rings (SSSR count). The second-order valence-corrected chi connectivity index (χ2v) is 4.96. The third kappa shape index (κ3) is 4.05. The Morgan fingerprint density at radius 3 is 1.50 bits per heavy atom. The van der Waals surface area contributed by atoms with Crippen molar-refractivity contribution in [1.29, 1.82) is 0 Å². The number of nitrogens with zero attached hydrogens (tertiary/aromatic N) is 4. The zero-order valence-electron chi connectivity index (χ0n) is 12.3. The van der Waals surface area contributed by atoms with Crippen molar-refractivity contribution in [3.8, 4) is 11.4 Å². The Balaban J connectivity index is 2.46. The first-order chi connectivity index (χ1) is 10.3. The standard InChI is InChI=1S/C14H16N6O2/c1-7(21)3-9-5-11(19-13(15)17-9)12-6-10(4-8(2)22)18-14(16)20-12/h5-6H,3-4H2,1-2H3,(H2,15,17,19)(H2,16,18,20). The Morgan fingerprint density at radius 1 is 0.818 bits per heavy atom. The van der Waals surface area contributed by atoms with Gasteiger partial charge >= 0.3 is 0 Å². The summed E-state index contributed by atoms with van der Waals surface area (Å²) >= 11 is 0. The third-order valence-electron chi connectivity index (χ3n) is 2.72. The molecule has 8 heteroatoms. The summed E-state index contributed by atoms with van der Waals surface area (Å²) in [5, 5.41) is 0. The maximum absolute atomic E-state index is 11.2. The van der Waals surface area contributed by atoms with Gasteiger partial charge in [0, 0.05) is 12.8 Å². The van der Waals surface area contributed by atoms with Crippen LogP contribution in [0.3, 0.4) is 0 Å². The van der Waals surface area contributed by atoms with E-state index < -0.39 is 0 Å². The number of rotatable bonds is 5. The molecule has 22 heavy (non-hydrogen) atoms. The van der Waals surface area contributed by atoms with Crippen LogP contribution in [0.4, 0.5) is 11.9 Å². The second kappa shape index (κ2) is 6.25. The number of nitrogens with two attached hydrogens (primary N) is 2. The predicted octanol–water partition coefficient (Wildman–Crippen LogP) is 0.361. The van der Waals surface area contributed by atoms with Gasteiger partial charge in [-0.3, -0.25) is 9.59 Å². The van der Waals surface area contributed by atoms with Crippen LogP contribution < -0.4 is 11.5 Å². The summed E-state index contributed by atoms with van der Waals surface area (Å²) in [4.78, 5) is 38.6. The molecule has 0 atom stereocenters. The molecular weight excluding hydrogens is 284 g/mol. The number of aromatic nitrogens is 4. The van der Waals surface area contributed by atoms with Gasteiger partial charge in [0.1, 0.15) is 11.6 Å². The summed E-state index contributed by atoms with van der Waals surface area (Å²) in [6.07, 6.45) is 0.307. The van der Waals surface area contributed by atoms with Crippen LogP contribution in [0.25, 0.3) is 11.4 Å². The van der Waals surface area contributed by atoms with E-state index in [1.807, 2.05) is 0 Å². The molecule has 0 amide bonds. The average molecular weight is 300 g/mol. The molecule has 2 heterocycles. The first-order valence-electron chi connectivity index (χ1n) is 6.59. The molecule has 0 spiro atoms. The van der Waals surface area contributed by atoms with Crippen LogP contribution in [-0.2, 0) is 22.4 Å². The molecule has 114 valence electrons. The number of carbonyl (C=O) groups excluding carboxylic acids is 2. The number of hydrogen-bond acceptors (Lipinski definition) is 8. The summed E-state index contributed by atoms with van der Waals surface area (Å²) < 4.78 is 0. The first-order valence-corrected chi connectivity index (χ1v) is 6.59. The second-order valence-electron chi connectivity index (χ2n) is 4.96. The highest BCUT2D eigenvalue weighted by Crippen LogP contribution is 2.19. The van der Waals surface area contributed by atoms with Crippen molar-refractivity contribution in [2.75, 3.05) is 11.5 Å². The molecule has 8 nitrogen and oxygen atoms in total. The summed E-state index contributed by atoms with van der Waals surface area (Å²) in [5.41, 5.74) is 13.2. The summed E-state index contributed by atoms with van der Waals surface area (Å²) in [5.74, 6) is 0.00476. The van der Waals surface area contributed by atoms with Crippen molar-refractivity contribution in [2.45, 2.75) is 26.7 Å². The van der Waals surface area contributed by atoms with Crippen LogP contribution in [0.2, 0.25) is 0 Å². The number of ketones is 2. The van der Waals surface area contributed by atoms with Gasteiger partial charge in [-0.1, -0.05) is 0 Å². The lowest BCUT2D eigenvalue weighted by Crippen LogP contribution is -2.08. The van der Waals surface area contributed by atoms with Crippen LogP contribution >= 0.6 is 0 Å². The molecule has 0 aromatic carbocycles. The van der Waals surface area contributed by atoms with Crippen molar-refractivity contribution in [3.63, 3.8) is 0 Å². The van der Waals surface area contributed by atoms with Gasteiger partial charge in [0.05, 0.1) is 22.8 Å². The number of carbonyl (C=O) groups is 2. The summed E-state index contributed by atoms with van der Waals surface area (Å²) in [6.45, 7) is 2.93. The van der Waals surface area contributed by atoms with E-state index in [0.717, 1.165) is 0 Å². The molecule has 0 radical (unpaired) electrons. The van der Waals surface area contributed by atoms with Gasteiger partial charge in [-0.2, -0.15) is 0 Å². The molecular formula is C14H16N6O2. The van der Waals surface area contributed by atoms with Crippen molar-refractivity contribution in [1.82, 2.24) is 19.9 Å². The van der Waals surface area contributed by atoms with Crippen molar-refractivity contribution >= 4 is 23.5 Å². The minimum Gasteiger partial charge on any atom is -0.368 e. The number of Topliss-reactive ketones (excluding diaryl/α,β-unsaturated/α-hetero) is 2. The van der Waals surface area contributed by atoms with Gasteiger partial charge in [0.15, 0.2) is 0 Å². The number of hydrogen-bond donors (Lipinski definition) is 2. The van der Waals surface area contributed by atoms with Crippen LogP contribution in [0.1, 0.15) is 25.2 Å². The molecule has 2 aromatic rings. The van der Waals surface area contributed by atoms with Crippen LogP contribution in [0, 0.1) is 0 Å². The Labute approximate surface area is 127 Å². The molecule has 2 aromatic heterocycles. The van der Waals surface area contributed by atoms with E-state index in [2.05, 4.69) is 19.9 Å². The van der Waals surface area contributed by atoms with Gasteiger partial charge in [-0.15, -0.1) is 0 Å². The number of anilines is 2. The van der Waals surface area contributed by atoms with Crippen LogP contribution in [-0.4, -0.2) is 31.5 Å². The molecule has 0 unspecified atom stereocenters. The maximum atomic E-state index is 11.2. The molecule has 0 saturated carbocycles. The van der Waals surface area contributed by atoms with Crippen molar-refractivity contribution < 1.29 is 9.59 Å². The Morgan fingerprint density at radius 2 is 1.18 bits per heavy atom. The Hall–Kier alpha value is -2.90. The average Bonchev–Trinajstić information content (AvgIpc) is 2.35. The minimum absolute atomic E-state index is 0.0384. The fraction of sp³-hybridized carbons (Fsp3) is 0.286. The summed E-state index contributed by atoms with van der Waals surface area (Å²) in [6, 6.07) is 3.24. The van der Waals surface area contributed by atoms with Crippen LogP contribution in [0.15, 0.2) is 12.1 Å². The fourth-order valence-electron chi connectivity index (χ4n) is 1.99. The van der Waals surface area contributed by atoms with E-state index in [1.165, 1.54) is 13.8 Å². The van der Waals surface area contributed by atoms with Crippen LogP contribution in [0.5, 0.6) is 0 Å². The van der Waals surface area contributed by atoms with E-state index >= 15 is 0 Å². The highest BCUT2D eigenvalue weighted by molar-refractivity contribution is 5.79. The Kier molecular flexibility index (Phi) is 4.40. The van der Waals surface area contributed by atoms with Crippen molar-refractivity contribution in [2.24, 2.45) is 0 Å². The fourth-order valence-corrected chi connectivity index (χ4v) is 1.99.